The van der Waals surface area contributed by atoms with Crippen LogP contribution in [0.25, 0.3) is 0 Å². The fourth-order valence-corrected chi connectivity index (χ4v) is 1.86. The Kier molecular flexibility index (Phi) is 4.87. The number of nitrogens with one attached hydrogen (secondary N) is 2. The highest BCUT2D eigenvalue weighted by Crippen LogP contribution is 2.23. The van der Waals surface area contributed by atoms with Crippen molar-refractivity contribution in [2.75, 3.05) is 10.6 Å². The van der Waals surface area contributed by atoms with Crippen LogP contribution in [-0.4, -0.2) is 16.7 Å². The first-order valence-electron chi connectivity index (χ1n) is 6.19. The van der Waals surface area contributed by atoms with Crippen LogP contribution in [0, 0.1) is 15.9 Å². The molecule has 0 aromatic heterocycles. The van der Waals surface area contributed by atoms with Crippen LogP contribution in [0.2, 0.25) is 5.02 Å². The number of rotatable bonds is 3. The minimum atomic E-state index is -1.11. The van der Waals surface area contributed by atoms with Crippen molar-refractivity contribution in [2.24, 2.45) is 0 Å². The molecule has 0 spiro atoms. The summed E-state index contributed by atoms with van der Waals surface area (Å²) in [5, 5.41) is 15.0. The van der Waals surface area contributed by atoms with E-state index in [0.717, 1.165) is 12.1 Å². The van der Waals surface area contributed by atoms with E-state index < -0.39 is 22.6 Å². The van der Waals surface area contributed by atoms with Crippen molar-refractivity contribution < 1.29 is 18.9 Å². The summed E-state index contributed by atoms with van der Waals surface area (Å²) < 4.78 is 13.0. The van der Waals surface area contributed by atoms with Crippen LogP contribution >= 0.6 is 11.6 Å². The molecule has 2 aromatic carbocycles. The molecule has 0 aliphatic rings. The Hall–Kier alpha value is -3.00. The number of nitrogens with zero attached hydrogens (tertiary/aromatic N) is 1. The SMILES string of the molecule is O=C(Nc1ccc(F)c(Cl)c1)C(=O)Nc1ccccc1[N+](=O)[O-]. The summed E-state index contributed by atoms with van der Waals surface area (Å²) >= 11 is 5.56. The molecule has 0 saturated heterocycles. The van der Waals surface area contributed by atoms with Gasteiger partial charge in [-0.3, -0.25) is 19.7 Å². The molecule has 0 aliphatic heterocycles. The van der Waals surface area contributed by atoms with E-state index in [-0.39, 0.29) is 22.1 Å². The molecule has 0 atom stereocenters. The molecule has 9 heteroatoms. The standard InChI is InChI=1S/C14H9ClFN3O4/c15-9-7-8(5-6-10(9)16)17-13(20)14(21)18-11-3-1-2-4-12(11)19(22)23/h1-7H,(H,17,20)(H,18,21). The molecule has 7 nitrogen and oxygen atoms in total. The predicted molar refractivity (Wildman–Crippen MR) is 81.8 cm³/mol. The van der Waals surface area contributed by atoms with Crippen LogP contribution < -0.4 is 10.6 Å². The molecule has 0 radical (unpaired) electrons. The Morgan fingerprint density at radius 1 is 1.09 bits per heavy atom. The monoisotopic (exact) mass is 337 g/mol. The fraction of sp³-hybridized carbons (Fsp3) is 0. The smallest absolute Gasteiger partial charge is 0.314 e. The molecule has 0 aliphatic carbocycles. The van der Waals surface area contributed by atoms with E-state index in [1.54, 1.807) is 0 Å². The number of nitro groups is 1. The van der Waals surface area contributed by atoms with Crippen LogP contribution in [0.5, 0.6) is 0 Å². The lowest BCUT2D eigenvalue weighted by molar-refractivity contribution is -0.383. The molecular formula is C14H9ClFN3O4. The van der Waals surface area contributed by atoms with E-state index in [9.17, 15) is 24.1 Å². The summed E-state index contributed by atoms with van der Waals surface area (Å²) in [4.78, 5) is 33.7. The zero-order chi connectivity index (χ0) is 17.0. The van der Waals surface area contributed by atoms with Crippen molar-refractivity contribution in [3.05, 3.63) is 63.4 Å². The number of halogens is 2. The quantitative estimate of drug-likeness (QED) is 0.510. The van der Waals surface area contributed by atoms with Gasteiger partial charge in [0.15, 0.2) is 0 Å². The summed E-state index contributed by atoms with van der Waals surface area (Å²) in [5.41, 5.74) is -0.354. The number of hydrogen-bond donors (Lipinski definition) is 2. The van der Waals surface area contributed by atoms with E-state index >= 15 is 0 Å². The van der Waals surface area contributed by atoms with E-state index in [0.29, 0.717) is 0 Å². The zero-order valence-corrected chi connectivity index (χ0v) is 12.1. The molecule has 0 bridgehead atoms. The zero-order valence-electron chi connectivity index (χ0n) is 11.4. The fourth-order valence-electron chi connectivity index (χ4n) is 1.68. The van der Waals surface area contributed by atoms with Crippen LogP contribution in [0.4, 0.5) is 21.5 Å². The molecule has 0 unspecified atom stereocenters. The van der Waals surface area contributed by atoms with Gasteiger partial charge in [0.2, 0.25) is 0 Å². The first-order valence-corrected chi connectivity index (χ1v) is 6.57. The maximum atomic E-state index is 13.0. The summed E-state index contributed by atoms with van der Waals surface area (Å²) in [6.45, 7) is 0. The third-order valence-corrected chi connectivity index (χ3v) is 3.02. The van der Waals surface area contributed by atoms with Gasteiger partial charge in [-0.1, -0.05) is 23.7 Å². The van der Waals surface area contributed by atoms with Gasteiger partial charge in [-0.05, 0) is 24.3 Å². The van der Waals surface area contributed by atoms with E-state index in [1.165, 1.54) is 30.3 Å². The maximum Gasteiger partial charge on any atom is 0.314 e. The van der Waals surface area contributed by atoms with Gasteiger partial charge in [0.1, 0.15) is 11.5 Å². The number of para-hydroxylation sites is 2. The molecule has 0 fully saturated rings. The number of carbonyl (C=O) groups excluding carboxylic acids is 2. The summed E-state index contributed by atoms with van der Waals surface area (Å²) in [7, 11) is 0. The van der Waals surface area contributed by atoms with Crippen molar-refractivity contribution in [3.8, 4) is 0 Å². The minimum Gasteiger partial charge on any atom is -0.318 e. The Balaban J connectivity index is 2.10. The Labute approximate surface area is 134 Å². The first kappa shape index (κ1) is 16.4. The largest absolute Gasteiger partial charge is 0.318 e. The van der Waals surface area contributed by atoms with Crippen molar-refractivity contribution in [1.29, 1.82) is 0 Å². The normalized spacial score (nSPS) is 10.0. The van der Waals surface area contributed by atoms with Crippen molar-refractivity contribution >= 4 is 40.5 Å². The summed E-state index contributed by atoms with van der Waals surface area (Å²) in [5.74, 6) is -2.86. The lowest BCUT2D eigenvalue weighted by atomic mass is 10.2. The predicted octanol–water partition coefficient (Wildman–Crippen LogP) is 2.96. The molecule has 23 heavy (non-hydrogen) atoms. The lowest BCUT2D eigenvalue weighted by Crippen LogP contribution is -2.29. The third-order valence-electron chi connectivity index (χ3n) is 2.73. The topological polar surface area (TPSA) is 101 Å². The number of amides is 2. The van der Waals surface area contributed by atoms with E-state index in [1.807, 2.05) is 0 Å². The number of anilines is 2. The average Bonchev–Trinajstić information content (AvgIpc) is 2.51. The second-order valence-corrected chi connectivity index (χ2v) is 4.72. The van der Waals surface area contributed by atoms with Crippen molar-refractivity contribution in [1.82, 2.24) is 0 Å². The van der Waals surface area contributed by atoms with Gasteiger partial charge in [0.25, 0.3) is 5.69 Å². The number of hydrogen-bond acceptors (Lipinski definition) is 4. The first-order chi connectivity index (χ1) is 10.9. The highest BCUT2D eigenvalue weighted by molar-refractivity contribution is 6.44. The Morgan fingerprint density at radius 3 is 2.39 bits per heavy atom. The molecular weight excluding hydrogens is 329 g/mol. The van der Waals surface area contributed by atoms with Gasteiger partial charge < -0.3 is 10.6 Å². The molecule has 0 heterocycles. The van der Waals surface area contributed by atoms with Gasteiger partial charge >= 0.3 is 11.8 Å². The van der Waals surface area contributed by atoms with E-state index in [4.69, 9.17) is 11.6 Å². The molecule has 2 aromatic rings. The van der Waals surface area contributed by atoms with Gasteiger partial charge in [-0.15, -0.1) is 0 Å². The van der Waals surface area contributed by atoms with E-state index in [2.05, 4.69) is 10.6 Å². The lowest BCUT2D eigenvalue weighted by Gasteiger charge is -2.07. The third kappa shape index (κ3) is 4.01. The molecule has 118 valence electrons. The van der Waals surface area contributed by atoms with Gasteiger partial charge in [0, 0.05) is 11.8 Å². The Morgan fingerprint density at radius 2 is 1.74 bits per heavy atom. The summed E-state index contributed by atoms with van der Waals surface area (Å²) in [6, 6.07) is 8.75. The van der Waals surface area contributed by atoms with Crippen molar-refractivity contribution in [2.45, 2.75) is 0 Å². The summed E-state index contributed by atoms with van der Waals surface area (Å²) in [6.07, 6.45) is 0. The van der Waals surface area contributed by atoms with Crippen LogP contribution in [0.3, 0.4) is 0 Å². The maximum absolute atomic E-state index is 13.0. The molecule has 2 N–H and O–H groups in total. The minimum absolute atomic E-state index is 0.110. The van der Waals surface area contributed by atoms with Crippen LogP contribution in [-0.2, 0) is 9.59 Å². The number of nitro benzene ring substituents is 1. The van der Waals surface area contributed by atoms with Crippen molar-refractivity contribution in [3.63, 3.8) is 0 Å². The number of benzene rings is 2. The Bertz CT molecular complexity index is 797. The van der Waals surface area contributed by atoms with Gasteiger partial charge in [0.05, 0.1) is 9.95 Å². The molecule has 2 amide bonds. The van der Waals surface area contributed by atoms with Crippen LogP contribution in [0.1, 0.15) is 0 Å². The molecule has 0 saturated carbocycles. The second-order valence-electron chi connectivity index (χ2n) is 4.31. The number of carbonyl (C=O) groups is 2. The van der Waals surface area contributed by atoms with Gasteiger partial charge in [-0.2, -0.15) is 0 Å². The highest BCUT2D eigenvalue weighted by Gasteiger charge is 2.19. The highest BCUT2D eigenvalue weighted by atomic mass is 35.5. The van der Waals surface area contributed by atoms with Gasteiger partial charge in [-0.25, -0.2) is 4.39 Å². The van der Waals surface area contributed by atoms with Crippen LogP contribution in [0.15, 0.2) is 42.5 Å². The second kappa shape index (κ2) is 6.84. The molecule has 2 rings (SSSR count). The average molecular weight is 338 g/mol.